The van der Waals surface area contributed by atoms with E-state index in [4.69, 9.17) is 6.57 Å². The molecule has 0 amide bonds. The molecule has 1 aromatic heterocycles. The van der Waals surface area contributed by atoms with Gasteiger partial charge in [0.05, 0.1) is 12.1 Å². The monoisotopic (exact) mass is 202 g/mol. The van der Waals surface area contributed by atoms with E-state index in [2.05, 4.69) is 16.4 Å². The molecule has 0 unspecified atom stereocenters. The van der Waals surface area contributed by atoms with Crippen LogP contribution >= 0.6 is 0 Å². The van der Waals surface area contributed by atoms with Gasteiger partial charge in [0, 0.05) is 0 Å². The molecule has 1 aromatic rings. The topological polar surface area (TPSA) is 17.2 Å². The van der Waals surface area contributed by atoms with E-state index in [1.165, 1.54) is 0 Å². The zero-order valence-corrected chi connectivity index (χ0v) is 6.61. The zero-order chi connectivity index (χ0) is 10.9. The fraction of sp³-hybridized carbons (Fsp3) is 0. The molecule has 0 radical (unpaired) electrons. The Morgan fingerprint density at radius 1 is 1.14 bits per heavy atom. The van der Waals surface area contributed by atoms with Crippen LogP contribution in [0.4, 0.5) is 17.6 Å². The third-order valence-electron chi connectivity index (χ3n) is 1.42. The molecule has 6 heteroatoms. The van der Waals surface area contributed by atoms with Crippen molar-refractivity contribution in [3.63, 3.8) is 0 Å². The van der Waals surface area contributed by atoms with Gasteiger partial charge in [-0.2, -0.15) is 13.8 Å². The molecule has 0 aliphatic carbocycles. The summed E-state index contributed by atoms with van der Waals surface area (Å²) in [4.78, 5) is 4.90. The molecule has 0 aromatic carbocycles. The quantitative estimate of drug-likeness (QED) is 0.388. The number of pyridine rings is 1. The predicted octanol–water partition coefficient (Wildman–Crippen LogP) is 2.53. The molecule has 2 nitrogen and oxygen atoms in total. The van der Waals surface area contributed by atoms with Crippen molar-refractivity contribution in [3.8, 4) is 0 Å². The van der Waals surface area contributed by atoms with Gasteiger partial charge in [0.15, 0.2) is 17.3 Å². The van der Waals surface area contributed by atoms with Crippen LogP contribution in [0.1, 0.15) is 5.56 Å². The van der Waals surface area contributed by atoms with Gasteiger partial charge in [0.25, 0.3) is 11.9 Å². The van der Waals surface area contributed by atoms with Crippen molar-refractivity contribution in [3.05, 3.63) is 47.1 Å². The van der Waals surface area contributed by atoms with Gasteiger partial charge in [-0.15, -0.1) is 0 Å². The minimum atomic E-state index is -1.80. The summed E-state index contributed by atoms with van der Waals surface area (Å²) in [7, 11) is 0. The van der Waals surface area contributed by atoms with E-state index in [9.17, 15) is 17.6 Å². The molecule has 72 valence electrons. The maximum absolute atomic E-state index is 12.8. The first kappa shape index (κ1) is 10.2. The van der Waals surface area contributed by atoms with Crippen LogP contribution < -0.4 is 0 Å². The Morgan fingerprint density at radius 2 is 1.57 bits per heavy atom. The molecule has 0 aliphatic rings. The lowest BCUT2D eigenvalue weighted by atomic mass is 10.2. The van der Waals surface area contributed by atoms with E-state index < -0.39 is 34.8 Å². The van der Waals surface area contributed by atoms with E-state index in [1.807, 2.05) is 0 Å². The lowest BCUT2D eigenvalue weighted by molar-refractivity contribution is 0.404. The van der Waals surface area contributed by atoms with Crippen molar-refractivity contribution in [2.24, 2.45) is 0 Å². The molecule has 0 N–H and O–H groups in total. The lowest BCUT2D eigenvalue weighted by Crippen LogP contribution is -2.04. The maximum Gasteiger partial charge on any atom is 0.251 e. The van der Waals surface area contributed by atoms with Crippen molar-refractivity contribution in [2.45, 2.75) is 0 Å². The van der Waals surface area contributed by atoms with Gasteiger partial charge in [-0.3, -0.25) is 0 Å². The van der Waals surface area contributed by atoms with Crippen molar-refractivity contribution in [1.29, 1.82) is 0 Å². The Kier molecular flexibility index (Phi) is 2.51. The summed E-state index contributed by atoms with van der Waals surface area (Å²) in [5, 5.41) is 0. The second-order valence-electron chi connectivity index (χ2n) is 2.25. The van der Waals surface area contributed by atoms with Crippen LogP contribution in [-0.4, -0.2) is 4.98 Å². The molecule has 0 spiro atoms. The molecule has 0 saturated heterocycles. The van der Waals surface area contributed by atoms with Crippen molar-refractivity contribution < 1.29 is 17.6 Å². The van der Waals surface area contributed by atoms with Crippen LogP contribution in [-0.2, 0) is 0 Å². The first-order valence-corrected chi connectivity index (χ1v) is 3.25. The third-order valence-corrected chi connectivity index (χ3v) is 1.42. The van der Waals surface area contributed by atoms with Crippen molar-refractivity contribution in [2.75, 3.05) is 0 Å². The number of hydrogen-bond acceptors (Lipinski definition) is 1. The minimum Gasteiger partial charge on any atom is -0.238 e. The fourth-order valence-corrected chi connectivity index (χ4v) is 0.796. The smallest absolute Gasteiger partial charge is 0.238 e. The normalized spacial score (nSPS) is 9.64. The van der Waals surface area contributed by atoms with Crippen LogP contribution in [0.3, 0.4) is 0 Å². The van der Waals surface area contributed by atoms with Gasteiger partial charge in [-0.05, 0) is 0 Å². The lowest BCUT2D eigenvalue weighted by Gasteiger charge is -2.02. The number of hydrogen-bond donors (Lipinski definition) is 0. The molecule has 0 bridgehead atoms. The van der Waals surface area contributed by atoms with Crippen LogP contribution in [0.2, 0.25) is 0 Å². The molecule has 0 saturated carbocycles. The van der Waals surface area contributed by atoms with Gasteiger partial charge in [0.1, 0.15) is 0 Å². The number of nitrogens with zero attached hydrogens (tertiary/aromatic N) is 2. The van der Waals surface area contributed by atoms with E-state index in [1.54, 1.807) is 0 Å². The predicted molar refractivity (Wildman–Crippen MR) is 39.7 cm³/mol. The molecule has 0 aliphatic heterocycles. The Hall–Kier alpha value is -1.90. The van der Waals surface area contributed by atoms with Crippen LogP contribution in [0.5, 0.6) is 0 Å². The molecule has 14 heavy (non-hydrogen) atoms. The Balaban J connectivity index is 3.57. The summed E-state index contributed by atoms with van der Waals surface area (Å²) < 4.78 is 50.6. The summed E-state index contributed by atoms with van der Waals surface area (Å²) in [6, 6.07) is 0. The highest BCUT2D eigenvalue weighted by Gasteiger charge is 2.22. The Morgan fingerprint density at radius 3 is 1.93 bits per heavy atom. The SMILES string of the molecule is [C-]#[N+]C(=C)c1c(F)c(F)nc(F)c1F. The fourth-order valence-electron chi connectivity index (χ4n) is 0.796. The highest BCUT2D eigenvalue weighted by Crippen LogP contribution is 2.23. The first-order valence-electron chi connectivity index (χ1n) is 3.25. The average Bonchev–Trinajstić information content (AvgIpc) is 2.15. The van der Waals surface area contributed by atoms with E-state index in [0.29, 0.717) is 0 Å². The molecular formula is C8H2F4N2. The van der Waals surface area contributed by atoms with Crippen LogP contribution in [0.25, 0.3) is 10.5 Å². The number of rotatable bonds is 1. The molecule has 0 atom stereocenters. The molecular weight excluding hydrogens is 200 g/mol. The maximum atomic E-state index is 12.8. The van der Waals surface area contributed by atoms with Gasteiger partial charge in [-0.25, -0.2) is 13.6 Å². The number of halogens is 4. The second kappa shape index (κ2) is 3.46. The average molecular weight is 202 g/mol. The second-order valence-corrected chi connectivity index (χ2v) is 2.25. The zero-order valence-electron chi connectivity index (χ0n) is 6.61. The van der Waals surface area contributed by atoms with Crippen LogP contribution in [0.15, 0.2) is 6.58 Å². The first-order chi connectivity index (χ1) is 6.49. The molecule has 1 rings (SSSR count). The van der Waals surface area contributed by atoms with Crippen molar-refractivity contribution >= 4 is 5.70 Å². The van der Waals surface area contributed by atoms with Crippen molar-refractivity contribution in [1.82, 2.24) is 4.98 Å². The largest absolute Gasteiger partial charge is 0.251 e. The van der Waals surface area contributed by atoms with Gasteiger partial charge < -0.3 is 0 Å². The molecule has 1 heterocycles. The summed E-state index contributed by atoms with van der Waals surface area (Å²) >= 11 is 0. The van der Waals surface area contributed by atoms with Crippen LogP contribution in [0, 0.1) is 30.1 Å². The minimum absolute atomic E-state index is 0.722. The summed E-state index contributed by atoms with van der Waals surface area (Å²) in [6.45, 7) is 9.36. The Labute approximate surface area is 76.3 Å². The Bertz CT molecular complexity index is 421. The summed E-state index contributed by atoms with van der Waals surface area (Å²) in [6.07, 6.45) is 0. The third kappa shape index (κ3) is 1.44. The van der Waals surface area contributed by atoms with E-state index in [0.717, 1.165) is 0 Å². The summed E-state index contributed by atoms with van der Waals surface area (Å²) in [5.41, 5.74) is -1.84. The van der Waals surface area contributed by atoms with Gasteiger partial charge >= 0.3 is 0 Å². The van der Waals surface area contributed by atoms with E-state index >= 15 is 0 Å². The van der Waals surface area contributed by atoms with E-state index in [-0.39, 0.29) is 0 Å². The number of aromatic nitrogens is 1. The molecule has 0 fully saturated rings. The van der Waals surface area contributed by atoms with Gasteiger partial charge in [0.2, 0.25) is 0 Å². The van der Waals surface area contributed by atoms with Gasteiger partial charge in [-0.1, -0.05) is 6.58 Å². The summed E-state index contributed by atoms with van der Waals surface area (Å²) in [5.74, 6) is -7.04. The highest BCUT2D eigenvalue weighted by molar-refractivity contribution is 5.69. The standard InChI is InChI=1S/C8H2F4N2/c1-3(13-2)4-5(9)7(11)14-8(12)6(4)10/h1H2. The highest BCUT2D eigenvalue weighted by atomic mass is 19.2.